The van der Waals surface area contributed by atoms with Crippen molar-refractivity contribution in [1.29, 1.82) is 0 Å². The van der Waals surface area contributed by atoms with E-state index in [1.807, 2.05) is 26.8 Å². The summed E-state index contributed by atoms with van der Waals surface area (Å²) in [5, 5.41) is 13.0. The molecule has 1 aromatic carbocycles. The Balaban J connectivity index is 2.04. The van der Waals surface area contributed by atoms with Crippen molar-refractivity contribution in [1.82, 2.24) is 5.32 Å². The number of rotatable bonds is 5. The SMILES string of the molecule is Cc1cc(C(C)NCC(O)c2c(F)cccc2F)c(C)o1. The lowest BCUT2D eigenvalue weighted by Crippen LogP contribution is -2.25. The minimum Gasteiger partial charge on any atom is -0.466 e. The average molecular weight is 295 g/mol. The van der Waals surface area contributed by atoms with E-state index in [4.69, 9.17) is 4.42 Å². The molecule has 1 aromatic heterocycles. The summed E-state index contributed by atoms with van der Waals surface area (Å²) < 4.78 is 32.6. The second-order valence-corrected chi connectivity index (χ2v) is 5.15. The quantitative estimate of drug-likeness (QED) is 0.886. The number of benzene rings is 1. The van der Waals surface area contributed by atoms with E-state index in [9.17, 15) is 13.9 Å². The van der Waals surface area contributed by atoms with Crippen molar-refractivity contribution in [2.45, 2.75) is 32.9 Å². The molecule has 0 aliphatic rings. The number of aliphatic hydroxyl groups is 1. The number of nitrogens with one attached hydrogen (secondary N) is 1. The summed E-state index contributed by atoms with van der Waals surface area (Å²) in [7, 11) is 0. The second kappa shape index (κ2) is 6.37. The van der Waals surface area contributed by atoms with Gasteiger partial charge in [-0.15, -0.1) is 0 Å². The summed E-state index contributed by atoms with van der Waals surface area (Å²) in [6, 6.07) is 5.35. The highest BCUT2D eigenvalue weighted by Gasteiger charge is 2.19. The van der Waals surface area contributed by atoms with Crippen molar-refractivity contribution >= 4 is 0 Å². The van der Waals surface area contributed by atoms with Gasteiger partial charge >= 0.3 is 0 Å². The lowest BCUT2D eigenvalue weighted by molar-refractivity contribution is 0.161. The van der Waals surface area contributed by atoms with Crippen molar-refractivity contribution in [2.24, 2.45) is 0 Å². The molecule has 0 fully saturated rings. The van der Waals surface area contributed by atoms with Gasteiger partial charge in [0.15, 0.2) is 0 Å². The predicted octanol–water partition coefficient (Wildman–Crippen LogP) is 3.56. The van der Waals surface area contributed by atoms with Crippen molar-refractivity contribution in [3.8, 4) is 0 Å². The van der Waals surface area contributed by atoms with Crippen LogP contribution in [-0.2, 0) is 0 Å². The molecule has 0 spiro atoms. The highest BCUT2D eigenvalue weighted by molar-refractivity contribution is 5.24. The second-order valence-electron chi connectivity index (χ2n) is 5.15. The first-order chi connectivity index (χ1) is 9.90. The smallest absolute Gasteiger partial charge is 0.131 e. The fourth-order valence-corrected chi connectivity index (χ4v) is 2.41. The predicted molar refractivity (Wildman–Crippen MR) is 75.9 cm³/mol. The van der Waals surface area contributed by atoms with Gasteiger partial charge in [0.2, 0.25) is 0 Å². The maximum Gasteiger partial charge on any atom is 0.131 e. The molecular weight excluding hydrogens is 276 g/mol. The minimum atomic E-state index is -1.25. The Morgan fingerprint density at radius 1 is 1.24 bits per heavy atom. The molecule has 1 heterocycles. The van der Waals surface area contributed by atoms with Gasteiger partial charge in [0.25, 0.3) is 0 Å². The molecule has 0 aliphatic heterocycles. The topological polar surface area (TPSA) is 45.4 Å². The molecule has 2 aromatic rings. The van der Waals surface area contributed by atoms with Crippen LogP contribution in [0.3, 0.4) is 0 Å². The van der Waals surface area contributed by atoms with Crippen molar-refractivity contribution < 1.29 is 18.3 Å². The van der Waals surface area contributed by atoms with Crippen LogP contribution < -0.4 is 5.32 Å². The highest BCUT2D eigenvalue weighted by atomic mass is 19.1. The summed E-state index contributed by atoms with van der Waals surface area (Å²) in [6.07, 6.45) is -1.25. The fourth-order valence-electron chi connectivity index (χ4n) is 2.41. The van der Waals surface area contributed by atoms with Crippen molar-refractivity contribution in [3.63, 3.8) is 0 Å². The standard InChI is InChI=1S/C16H19F2NO2/c1-9-7-12(11(3)21-9)10(2)19-8-15(20)16-13(17)5-4-6-14(16)18/h4-7,10,15,19-20H,8H2,1-3H3. The Morgan fingerprint density at radius 3 is 2.38 bits per heavy atom. The number of hydrogen-bond acceptors (Lipinski definition) is 3. The molecule has 0 radical (unpaired) electrons. The molecule has 2 atom stereocenters. The number of furan rings is 1. The van der Waals surface area contributed by atoms with E-state index in [0.29, 0.717) is 0 Å². The van der Waals surface area contributed by atoms with E-state index in [1.54, 1.807) is 0 Å². The average Bonchev–Trinajstić information content (AvgIpc) is 2.75. The van der Waals surface area contributed by atoms with Crippen LogP contribution in [0.4, 0.5) is 8.78 Å². The van der Waals surface area contributed by atoms with Crippen LogP contribution >= 0.6 is 0 Å². The zero-order chi connectivity index (χ0) is 15.6. The molecule has 0 amide bonds. The Morgan fingerprint density at radius 2 is 1.86 bits per heavy atom. The number of aryl methyl sites for hydroxylation is 2. The van der Waals surface area contributed by atoms with E-state index >= 15 is 0 Å². The van der Waals surface area contributed by atoms with Gasteiger partial charge in [-0.05, 0) is 39.0 Å². The third kappa shape index (κ3) is 3.49. The summed E-state index contributed by atoms with van der Waals surface area (Å²) in [6.45, 7) is 5.66. The molecule has 114 valence electrons. The summed E-state index contributed by atoms with van der Waals surface area (Å²) in [5.41, 5.74) is 0.658. The van der Waals surface area contributed by atoms with Gasteiger partial charge in [-0.25, -0.2) is 8.78 Å². The van der Waals surface area contributed by atoms with E-state index in [-0.39, 0.29) is 18.2 Å². The van der Waals surface area contributed by atoms with Gasteiger partial charge in [-0.1, -0.05) is 6.07 Å². The first-order valence-corrected chi connectivity index (χ1v) is 6.82. The van der Waals surface area contributed by atoms with Gasteiger partial charge in [-0.3, -0.25) is 0 Å². The Labute approximate surface area is 122 Å². The van der Waals surface area contributed by atoms with Crippen LogP contribution in [0.15, 0.2) is 28.7 Å². The van der Waals surface area contributed by atoms with E-state index in [2.05, 4.69) is 5.32 Å². The zero-order valence-electron chi connectivity index (χ0n) is 12.3. The Kier molecular flexibility index (Phi) is 4.75. The summed E-state index contributed by atoms with van der Waals surface area (Å²) in [4.78, 5) is 0. The van der Waals surface area contributed by atoms with Crippen LogP contribution in [0.1, 0.15) is 41.7 Å². The number of aliphatic hydroxyl groups excluding tert-OH is 1. The molecule has 0 saturated carbocycles. The maximum atomic E-state index is 13.6. The van der Waals surface area contributed by atoms with Crippen molar-refractivity contribution in [2.75, 3.05) is 6.54 Å². The monoisotopic (exact) mass is 295 g/mol. The normalized spacial score (nSPS) is 14.2. The molecule has 21 heavy (non-hydrogen) atoms. The van der Waals surface area contributed by atoms with Gasteiger partial charge in [0.1, 0.15) is 23.2 Å². The molecule has 3 nitrogen and oxygen atoms in total. The van der Waals surface area contributed by atoms with Crippen LogP contribution in [0, 0.1) is 25.5 Å². The molecule has 5 heteroatoms. The fraction of sp³-hybridized carbons (Fsp3) is 0.375. The highest BCUT2D eigenvalue weighted by Crippen LogP contribution is 2.23. The van der Waals surface area contributed by atoms with Crippen LogP contribution in [0.25, 0.3) is 0 Å². The van der Waals surface area contributed by atoms with E-state index in [1.165, 1.54) is 6.07 Å². The van der Waals surface area contributed by atoms with Gasteiger partial charge in [0.05, 0.1) is 11.7 Å². The zero-order valence-corrected chi connectivity index (χ0v) is 12.3. The van der Waals surface area contributed by atoms with Gasteiger partial charge in [-0.2, -0.15) is 0 Å². The first-order valence-electron chi connectivity index (χ1n) is 6.82. The first kappa shape index (κ1) is 15.7. The van der Waals surface area contributed by atoms with Gasteiger partial charge in [0, 0.05) is 18.2 Å². The largest absolute Gasteiger partial charge is 0.466 e. The van der Waals surface area contributed by atoms with Crippen LogP contribution in [0.5, 0.6) is 0 Å². The van der Waals surface area contributed by atoms with Crippen LogP contribution in [0.2, 0.25) is 0 Å². The molecular formula is C16H19F2NO2. The maximum absolute atomic E-state index is 13.6. The van der Waals surface area contributed by atoms with Gasteiger partial charge < -0.3 is 14.8 Å². The molecule has 0 saturated heterocycles. The van der Waals surface area contributed by atoms with E-state index in [0.717, 1.165) is 29.2 Å². The number of halogens is 2. The Bertz CT molecular complexity index is 604. The number of hydrogen-bond donors (Lipinski definition) is 2. The Hall–Kier alpha value is -1.72. The molecule has 0 aliphatic carbocycles. The lowest BCUT2D eigenvalue weighted by Gasteiger charge is -2.18. The van der Waals surface area contributed by atoms with E-state index < -0.39 is 17.7 Å². The third-order valence-electron chi connectivity index (χ3n) is 3.50. The third-order valence-corrected chi connectivity index (χ3v) is 3.50. The lowest BCUT2D eigenvalue weighted by atomic mass is 10.1. The minimum absolute atomic E-state index is 0.0443. The molecule has 2 unspecified atom stereocenters. The molecule has 2 N–H and O–H groups in total. The van der Waals surface area contributed by atoms with Crippen LogP contribution in [-0.4, -0.2) is 11.7 Å². The van der Waals surface area contributed by atoms with Crippen molar-refractivity contribution in [3.05, 3.63) is 58.5 Å². The summed E-state index contributed by atoms with van der Waals surface area (Å²) >= 11 is 0. The molecule has 0 bridgehead atoms. The molecule has 2 rings (SSSR count). The summed E-state index contributed by atoms with van der Waals surface area (Å²) in [5.74, 6) is 0.107.